The van der Waals surface area contributed by atoms with E-state index < -0.39 is 5.97 Å². The van der Waals surface area contributed by atoms with Crippen LogP contribution in [0.4, 0.5) is 4.79 Å². The number of carbonyl (C=O) groups is 2. The van der Waals surface area contributed by atoms with Crippen molar-refractivity contribution < 1.29 is 19.4 Å². The monoisotopic (exact) mass is 300 g/mol. The lowest BCUT2D eigenvalue weighted by molar-refractivity contribution is -0.137. The summed E-state index contributed by atoms with van der Waals surface area (Å²) < 4.78 is 5.72. The molecule has 0 aromatic heterocycles. The lowest BCUT2D eigenvalue weighted by Crippen LogP contribution is -2.39. The van der Waals surface area contributed by atoms with Crippen molar-refractivity contribution in [2.45, 2.75) is 58.0 Å². The summed E-state index contributed by atoms with van der Waals surface area (Å²) in [6.07, 6.45) is 7.13. The Labute approximate surface area is 126 Å². The molecule has 3 N–H and O–H groups in total. The standard InChI is InChI=1S/C15H28N2O4/c1-12(7-8-14(18)19)11-17-15(20)16-9-10-21-13-5-3-2-4-6-13/h12-13H,2-11H2,1H3,(H,18,19)(H2,16,17,20). The maximum atomic E-state index is 11.5. The Hall–Kier alpha value is -1.30. The maximum absolute atomic E-state index is 11.5. The molecule has 0 aromatic carbocycles. The number of hydrogen-bond donors (Lipinski definition) is 3. The first-order valence-electron chi connectivity index (χ1n) is 7.93. The minimum absolute atomic E-state index is 0.139. The van der Waals surface area contributed by atoms with Gasteiger partial charge in [-0.05, 0) is 25.2 Å². The SMILES string of the molecule is CC(CCC(=O)O)CNC(=O)NCCOC1CCCCC1. The van der Waals surface area contributed by atoms with E-state index in [1.165, 1.54) is 19.3 Å². The number of carboxylic acid groups (broad SMARTS) is 1. The Kier molecular flexibility index (Phi) is 8.82. The van der Waals surface area contributed by atoms with Gasteiger partial charge < -0.3 is 20.5 Å². The lowest BCUT2D eigenvalue weighted by Gasteiger charge is -2.22. The van der Waals surface area contributed by atoms with Gasteiger partial charge in [0.15, 0.2) is 0 Å². The van der Waals surface area contributed by atoms with Gasteiger partial charge in [0.2, 0.25) is 0 Å². The Morgan fingerprint density at radius 2 is 1.95 bits per heavy atom. The first-order valence-corrected chi connectivity index (χ1v) is 7.93. The molecule has 122 valence electrons. The predicted octanol–water partition coefficient (Wildman–Crippen LogP) is 2.14. The lowest BCUT2D eigenvalue weighted by atomic mass is 9.98. The van der Waals surface area contributed by atoms with Gasteiger partial charge in [-0.3, -0.25) is 4.79 Å². The van der Waals surface area contributed by atoms with Crippen LogP contribution in [-0.2, 0) is 9.53 Å². The van der Waals surface area contributed by atoms with E-state index in [0.717, 1.165) is 12.8 Å². The molecular formula is C15H28N2O4. The van der Waals surface area contributed by atoms with Gasteiger partial charge in [-0.2, -0.15) is 0 Å². The normalized spacial score (nSPS) is 17.2. The van der Waals surface area contributed by atoms with Crippen molar-refractivity contribution in [3.05, 3.63) is 0 Å². The van der Waals surface area contributed by atoms with Crippen molar-refractivity contribution in [2.24, 2.45) is 5.92 Å². The van der Waals surface area contributed by atoms with Gasteiger partial charge in [0.25, 0.3) is 0 Å². The molecular weight excluding hydrogens is 272 g/mol. The van der Waals surface area contributed by atoms with Crippen molar-refractivity contribution in [3.63, 3.8) is 0 Å². The summed E-state index contributed by atoms with van der Waals surface area (Å²) in [5, 5.41) is 14.1. The molecule has 0 aromatic rings. The molecule has 0 bridgehead atoms. The van der Waals surface area contributed by atoms with E-state index in [1.807, 2.05) is 6.92 Å². The van der Waals surface area contributed by atoms with Crippen LogP contribution in [0.1, 0.15) is 51.9 Å². The highest BCUT2D eigenvalue weighted by Gasteiger charge is 2.13. The summed E-state index contributed by atoms with van der Waals surface area (Å²) in [5.74, 6) is -0.642. The molecule has 1 fully saturated rings. The van der Waals surface area contributed by atoms with Crippen molar-refractivity contribution in [1.82, 2.24) is 10.6 Å². The maximum Gasteiger partial charge on any atom is 0.314 e. The Balaban J connectivity index is 1.96. The van der Waals surface area contributed by atoms with E-state index >= 15 is 0 Å². The highest BCUT2D eigenvalue weighted by atomic mass is 16.5. The molecule has 1 unspecified atom stereocenters. The van der Waals surface area contributed by atoms with E-state index in [1.54, 1.807) is 0 Å². The van der Waals surface area contributed by atoms with E-state index in [4.69, 9.17) is 9.84 Å². The first-order chi connectivity index (χ1) is 10.1. The van der Waals surface area contributed by atoms with E-state index in [2.05, 4.69) is 10.6 Å². The number of urea groups is 1. The fourth-order valence-corrected chi connectivity index (χ4v) is 2.42. The summed E-state index contributed by atoms with van der Waals surface area (Å²) in [5.41, 5.74) is 0. The largest absolute Gasteiger partial charge is 0.481 e. The highest BCUT2D eigenvalue weighted by Crippen LogP contribution is 2.19. The third-order valence-corrected chi connectivity index (χ3v) is 3.76. The third kappa shape index (κ3) is 9.28. The molecule has 2 amide bonds. The van der Waals surface area contributed by atoms with Crippen LogP contribution in [0.15, 0.2) is 0 Å². The summed E-state index contributed by atoms with van der Waals surface area (Å²) in [6, 6.07) is -0.218. The minimum atomic E-state index is -0.800. The predicted molar refractivity (Wildman–Crippen MR) is 80.3 cm³/mol. The van der Waals surface area contributed by atoms with Gasteiger partial charge in [0, 0.05) is 19.5 Å². The molecule has 0 aliphatic heterocycles. The summed E-state index contributed by atoms with van der Waals surface area (Å²) in [4.78, 5) is 22.0. The Bertz CT molecular complexity index is 317. The van der Waals surface area contributed by atoms with Gasteiger partial charge in [-0.25, -0.2) is 4.79 Å². The number of hydrogen-bond acceptors (Lipinski definition) is 3. The zero-order chi connectivity index (χ0) is 15.5. The number of nitrogens with one attached hydrogen (secondary N) is 2. The zero-order valence-electron chi connectivity index (χ0n) is 12.9. The fourth-order valence-electron chi connectivity index (χ4n) is 2.42. The highest BCUT2D eigenvalue weighted by molar-refractivity contribution is 5.73. The van der Waals surface area contributed by atoms with Crippen LogP contribution >= 0.6 is 0 Å². The average Bonchev–Trinajstić information content (AvgIpc) is 2.48. The van der Waals surface area contributed by atoms with E-state index in [-0.39, 0.29) is 18.4 Å². The number of rotatable bonds is 9. The number of carboxylic acids is 1. The van der Waals surface area contributed by atoms with Gasteiger partial charge in [-0.15, -0.1) is 0 Å². The Morgan fingerprint density at radius 1 is 1.24 bits per heavy atom. The second-order valence-corrected chi connectivity index (χ2v) is 5.81. The van der Waals surface area contributed by atoms with E-state index in [9.17, 15) is 9.59 Å². The Morgan fingerprint density at radius 3 is 2.62 bits per heavy atom. The average molecular weight is 300 g/mol. The van der Waals surface area contributed by atoms with Crippen molar-refractivity contribution in [3.8, 4) is 0 Å². The van der Waals surface area contributed by atoms with Gasteiger partial charge >= 0.3 is 12.0 Å². The molecule has 1 aliphatic carbocycles. The number of amides is 2. The van der Waals surface area contributed by atoms with Crippen molar-refractivity contribution in [2.75, 3.05) is 19.7 Å². The minimum Gasteiger partial charge on any atom is -0.481 e. The molecule has 1 saturated carbocycles. The van der Waals surface area contributed by atoms with E-state index in [0.29, 0.717) is 32.2 Å². The zero-order valence-corrected chi connectivity index (χ0v) is 12.9. The summed E-state index contributed by atoms with van der Waals surface area (Å²) in [6.45, 7) is 3.47. The molecule has 1 aliphatic rings. The number of ether oxygens (including phenoxy) is 1. The second-order valence-electron chi connectivity index (χ2n) is 5.81. The second kappa shape index (κ2) is 10.4. The van der Waals surface area contributed by atoms with Gasteiger partial charge in [-0.1, -0.05) is 26.2 Å². The van der Waals surface area contributed by atoms with Crippen LogP contribution in [0.5, 0.6) is 0 Å². The quantitative estimate of drug-likeness (QED) is 0.569. The van der Waals surface area contributed by atoms with Gasteiger partial charge in [0.05, 0.1) is 12.7 Å². The third-order valence-electron chi connectivity index (χ3n) is 3.76. The fraction of sp³-hybridized carbons (Fsp3) is 0.867. The van der Waals surface area contributed by atoms with Crippen LogP contribution in [0.2, 0.25) is 0 Å². The number of carbonyl (C=O) groups excluding carboxylic acids is 1. The van der Waals surface area contributed by atoms with Crippen LogP contribution in [0, 0.1) is 5.92 Å². The molecule has 21 heavy (non-hydrogen) atoms. The van der Waals surface area contributed by atoms with Crippen LogP contribution < -0.4 is 10.6 Å². The molecule has 1 atom stereocenters. The molecule has 0 spiro atoms. The van der Waals surface area contributed by atoms with Crippen LogP contribution in [0.25, 0.3) is 0 Å². The smallest absolute Gasteiger partial charge is 0.314 e. The molecule has 0 radical (unpaired) electrons. The van der Waals surface area contributed by atoms with Crippen molar-refractivity contribution in [1.29, 1.82) is 0 Å². The molecule has 0 heterocycles. The summed E-state index contributed by atoms with van der Waals surface area (Å²) >= 11 is 0. The van der Waals surface area contributed by atoms with Gasteiger partial charge in [0.1, 0.15) is 0 Å². The van der Waals surface area contributed by atoms with Crippen LogP contribution in [0.3, 0.4) is 0 Å². The molecule has 6 heteroatoms. The van der Waals surface area contributed by atoms with Crippen LogP contribution in [-0.4, -0.2) is 42.9 Å². The topological polar surface area (TPSA) is 87.7 Å². The van der Waals surface area contributed by atoms with Crippen molar-refractivity contribution >= 4 is 12.0 Å². The molecule has 0 saturated heterocycles. The molecule has 1 rings (SSSR count). The number of aliphatic carboxylic acids is 1. The molecule has 6 nitrogen and oxygen atoms in total. The summed E-state index contributed by atoms with van der Waals surface area (Å²) in [7, 11) is 0. The first kappa shape index (κ1) is 17.8.